The average molecular weight is 231 g/mol. The van der Waals surface area contributed by atoms with Gasteiger partial charge in [-0.3, -0.25) is 9.59 Å². The van der Waals surface area contributed by atoms with Crippen molar-refractivity contribution in [3.63, 3.8) is 0 Å². The molecule has 0 aliphatic rings. The molecule has 0 heterocycles. The van der Waals surface area contributed by atoms with E-state index in [2.05, 4.69) is 0 Å². The van der Waals surface area contributed by atoms with Crippen LogP contribution in [0.25, 0.3) is 0 Å². The minimum Gasteiger partial charge on any atom is -0.480 e. The predicted octanol–water partition coefficient (Wildman–Crippen LogP) is 1.16. The van der Waals surface area contributed by atoms with E-state index in [-0.39, 0.29) is 12.3 Å². The number of carboxylic acid groups (broad SMARTS) is 1. The number of ether oxygens (including phenoxy) is 1. The lowest BCUT2D eigenvalue weighted by atomic mass is 9.94. The van der Waals surface area contributed by atoms with Crippen LogP contribution in [0.3, 0.4) is 0 Å². The number of rotatable bonds is 5. The maximum absolute atomic E-state index is 11.5. The number of nitrogens with two attached hydrogens (primary N) is 1. The SMILES string of the molecule is CCC(CC(=O)OC(C)(C)C)[C@H](N)C(=O)O. The molecule has 0 aromatic carbocycles. The first-order chi connectivity index (χ1) is 7.17. The molecule has 94 valence electrons. The molecular weight excluding hydrogens is 210 g/mol. The Labute approximate surface area is 96.0 Å². The Morgan fingerprint density at radius 1 is 1.38 bits per heavy atom. The summed E-state index contributed by atoms with van der Waals surface area (Å²) in [6.45, 7) is 7.10. The Morgan fingerprint density at radius 3 is 2.19 bits per heavy atom. The van der Waals surface area contributed by atoms with Gasteiger partial charge in [0.05, 0.1) is 6.42 Å². The molecule has 5 nitrogen and oxygen atoms in total. The van der Waals surface area contributed by atoms with E-state index in [1.165, 1.54) is 0 Å². The van der Waals surface area contributed by atoms with E-state index in [4.69, 9.17) is 15.6 Å². The number of carbonyl (C=O) groups is 2. The first kappa shape index (κ1) is 14.9. The normalized spacial score (nSPS) is 15.3. The summed E-state index contributed by atoms with van der Waals surface area (Å²) in [6, 6.07) is -1.02. The van der Waals surface area contributed by atoms with Crippen molar-refractivity contribution in [2.45, 2.75) is 52.2 Å². The van der Waals surface area contributed by atoms with Gasteiger partial charge in [-0.05, 0) is 26.7 Å². The molecule has 0 saturated heterocycles. The molecule has 0 rings (SSSR count). The number of hydrogen-bond acceptors (Lipinski definition) is 4. The topological polar surface area (TPSA) is 89.6 Å². The molecule has 3 N–H and O–H groups in total. The highest BCUT2D eigenvalue weighted by Gasteiger charge is 2.27. The first-order valence-electron chi connectivity index (χ1n) is 5.37. The minimum atomic E-state index is -1.09. The van der Waals surface area contributed by atoms with Gasteiger partial charge in [-0.1, -0.05) is 13.3 Å². The van der Waals surface area contributed by atoms with Crippen LogP contribution < -0.4 is 5.73 Å². The highest BCUT2D eigenvalue weighted by atomic mass is 16.6. The van der Waals surface area contributed by atoms with Gasteiger partial charge in [0.15, 0.2) is 0 Å². The third kappa shape index (κ3) is 5.70. The van der Waals surface area contributed by atoms with E-state index < -0.39 is 23.6 Å². The molecule has 0 aromatic rings. The fraction of sp³-hybridized carbons (Fsp3) is 0.818. The summed E-state index contributed by atoms with van der Waals surface area (Å²) in [5.74, 6) is -1.88. The van der Waals surface area contributed by atoms with Crippen LogP contribution in [-0.2, 0) is 14.3 Å². The summed E-state index contributed by atoms with van der Waals surface area (Å²) in [7, 11) is 0. The summed E-state index contributed by atoms with van der Waals surface area (Å²) in [4.78, 5) is 22.2. The van der Waals surface area contributed by atoms with E-state index >= 15 is 0 Å². The lowest BCUT2D eigenvalue weighted by Crippen LogP contribution is -2.39. The van der Waals surface area contributed by atoms with Crippen molar-refractivity contribution in [3.8, 4) is 0 Å². The Bertz CT molecular complexity index is 257. The van der Waals surface area contributed by atoms with E-state index in [1.807, 2.05) is 0 Å². The highest BCUT2D eigenvalue weighted by Crippen LogP contribution is 2.16. The summed E-state index contributed by atoms with van der Waals surface area (Å²) < 4.78 is 5.11. The molecule has 0 aromatic heterocycles. The van der Waals surface area contributed by atoms with Crippen molar-refractivity contribution in [1.29, 1.82) is 0 Å². The van der Waals surface area contributed by atoms with Crippen molar-refractivity contribution >= 4 is 11.9 Å². The zero-order valence-corrected chi connectivity index (χ0v) is 10.3. The summed E-state index contributed by atoms with van der Waals surface area (Å²) in [6.07, 6.45) is 0.577. The maximum Gasteiger partial charge on any atom is 0.320 e. The number of carbonyl (C=O) groups excluding carboxylic acids is 1. The number of aliphatic carboxylic acids is 1. The zero-order valence-electron chi connectivity index (χ0n) is 10.3. The van der Waals surface area contributed by atoms with Crippen LogP contribution >= 0.6 is 0 Å². The molecule has 0 spiro atoms. The molecule has 0 aliphatic carbocycles. The van der Waals surface area contributed by atoms with Gasteiger partial charge in [-0.15, -0.1) is 0 Å². The van der Waals surface area contributed by atoms with Crippen molar-refractivity contribution in [1.82, 2.24) is 0 Å². The van der Waals surface area contributed by atoms with E-state index in [1.54, 1.807) is 27.7 Å². The monoisotopic (exact) mass is 231 g/mol. The summed E-state index contributed by atoms with van der Waals surface area (Å²) in [5.41, 5.74) is 4.92. The second-order valence-corrected chi connectivity index (χ2v) is 4.82. The van der Waals surface area contributed by atoms with Gasteiger partial charge in [-0.2, -0.15) is 0 Å². The van der Waals surface area contributed by atoms with Crippen LogP contribution in [0.4, 0.5) is 0 Å². The van der Waals surface area contributed by atoms with E-state index in [9.17, 15) is 9.59 Å². The highest BCUT2D eigenvalue weighted by molar-refractivity contribution is 5.76. The van der Waals surface area contributed by atoms with Crippen LogP contribution in [0.15, 0.2) is 0 Å². The zero-order chi connectivity index (χ0) is 12.9. The molecule has 5 heteroatoms. The Hall–Kier alpha value is -1.10. The van der Waals surface area contributed by atoms with Crippen LogP contribution in [0.1, 0.15) is 40.5 Å². The second-order valence-electron chi connectivity index (χ2n) is 4.82. The Kier molecular flexibility index (Phi) is 5.44. The van der Waals surface area contributed by atoms with Gasteiger partial charge in [0.1, 0.15) is 11.6 Å². The third-order valence-electron chi connectivity index (χ3n) is 2.17. The minimum absolute atomic E-state index is 0.0429. The van der Waals surface area contributed by atoms with Crippen LogP contribution in [-0.4, -0.2) is 28.7 Å². The molecule has 16 heavy (non-hydrogen) atoms. The molecule has 0 bridgehead atoms. The van der Waals surface area contributed by atoms with Gasteiger partial charge < -0.3 is 15.6 Å². The van der Waals surface area contributed by atoms with Crippen LogP contribution in [0, 0.1) is 5.92 Å². The standard InChI is InChI=1S/C11H21NO4/c1-5-7(9(12)10(14)15)6-8(13)16-11(2,3)4/h7,9H,5-6,12H2,1-4H3,(H,14,15)/t7?,9-/m0/s1. The van der Waals surface area contributed by atoms with Gasteiger partial charge in [0.2, 0.25) is 0 Å². The van der Waals surface area contributed by atoms with Crippen molar-refractivity contribution in [3.05, 3.63) is 0 Å². The maximum atomic E-state index is 11.5. The number of esters is 1. The van der Waals surface area contributed by atoms with Gasteiger partial charge >= 0.3 is 11.9 Å². The van der Waals surface area contributed by atoms with Crippen LogP contribution in [0.5, 0.6) is 0 Å². The molecule has 2 atom stereocenters. The molecule has 1 unspecified atom stereocenters. The summed E-state index contributed by atoms with van der Waals surface area (Å²) in [5, 5.41) is 8.75. The smallest absolute Gasteiger partial charge is 0.320 e. The fourth-order valence-electron chi connectivity index (χ4n) is 1.32. The summed E-state index contributed by atoms with van der Waals surface area (Å²) >= 11 is 0. The van der Waals surface area contributed by atoms with Crippen molar-refractivity contribution in [2.75, 3.05) is 0 Å². The van der Waals surface area contributed by atoms with Gasteiger partial charge in [-0.25, -0.2) is 0 Å². The van der Waals surface area contributed by atoms with Crippen molar-refractivity contribution < 1.29 is 19.4 Å². The lowest BCUT2D eigenvalue weighted by molar-refractivity contribution is -0.156. The van der Waals surface area contributed by atoms with E-state index in [0.29, 0.717) is 6.42 Å². The molecular formula is C11H21NO4. The molecule has 0 aliphatic heterocycles. The van der Waals surface area contributed by atoms with Gasteiger partial charge in [0.25, 0.3) is 0 Å². The fourth-order valence-corrected chi connectivity index (χ4v) is 1.32. The van der Waals surface area contributed by atoms with Crippen LogP contribution in [0.2, 0.25) is 0 Å². The third-order valence-corrected chi connectivity index (χ3v) is 2.17. The molecule has 0 amide bonds. The first-order valence-corrected chi connectivity index (χ1v) is 5.37. The Morgan fingerprint density at radius 2 is 1.88 bits per heavy atom. The molecule has 0 fully saturated rings. The molecule has 0 saturated carbocycles. The second kappa shape index (κ2) is 5.84. The quantitative estimate of drug-likeness (QED) is 0.693. The van der Waals surface area contributed by atoms with E-state index in [0.717, 1.165) is 0 Å². The lowest BCUT2D eigenvalue weighted by Gasteiger charge is -2.23. The van der Waals surface area contributed by atoms with Gasteiger partial charge in [0, 0.05) is 0 Å². The molecule has 0 radical (unpaired) electrons. The number of hydrogen-bond donors (Lipinski definition) is 2. The number of carboxylic acids is 1. The Balaban J connectivity index is 4.33. The van der Waals surface area contributed by atoms with Crippen molar-refractivity contribution in [2.24, 2.45) is 11.7 Å². The average Bonchev–Trinajstić information content (AvgIpc) is 2.09. The largest absolute Gasteiger partial charge is 0.480 e. The predicted molar refractivity (Wildman–Crippen MR) is 59.9 cm³/mol.